The number of ether oxygens (including phenoxy) is 2. The summed E-state index contributed by atoms with van der Waals surface area (Å²) in [6.45, 7) is 0. The van der Waals surface area contributed by atoms with Gasteiger partial charge in [-0.25, -0.2) is 4.39 Å². The van der Waals surface area contributed by atoms with Gasteiger partial charge in [-0.3, -0.25) is 4.79 Å². The lowest BCUT2D eigenvalue weighted by Gasteiger charge is -2.11. The van der Waals surface area contributed by atoms with E-state index in [4.69, 9.17) is 9.47 Å². The van der Waals surface area contributed by atoms with Crippen LogP contribution < -0.4 is 9.47 Å². The molecule has 0 aliphatic carbocycles. The van der Waals surface area contributed by atoms with Crippen LogP contribution in [0, 0.1) is 5.82 Å². The van der Waals surface area contributed by atoms with Crippen molar-refractivity contribution in [3.8, 4) is 22.6 Å². The molecule has 3 aromatic carbocycles. The summed E-state index contributed by atoms with van der Waals surface area (Å²) < 4.78 is 23.6. The van der Waals surface area contributed by atoms with Crippen LogP contribution in [-0.4, -0.2) is 20.0 Å². The Hall–Kier alpha value is -3.40. The van der Waals surface area contributed by atoms with Crippen LogP contribution in [0.5, 0.6) is 11.5 Å². The summed E-state index contributed by atoms with van der Waals surface area (Å²) in [5, 5.41) is 0. The number of halogens is 1. The van der Waals surface area contributed by atoms with Crippen LogP contribution >= 0.6 is 0 Å². The molecule has 136 valence electrons. The Labute approximate surface area is 157 Å². The normalized spacial score (nSPS) is 10.8. The zero-order chi connectivity index (χ0) is 19.2. The second kappa shape index (κ2) is 8.32. The maximum Gasteiger partial charge on any atom is 0.186 e. The maximum atomic E-state index is 13.0. The van der Waals surface area contributed by atoms with Gasteiger partial charge in [-0.1, -0.05) is 48.5 Å². The van der Waals surface area contributed by atoms with Gasteiger partial charge < -0.3 is 9.47 Å². The summed E-state index contributed by atoms with van der Waals surface area (Å²) in [6, 6.07) is 18.9. The molecule has 0 aromatic heterocycles. The average molecular weight is 362 g/mol. The van der Waals surface area contributed by atoms with Gasteiger partial charge in [-0.05, 0) is 47.0 Å². The molecule has 0 fully saturated rings. The highest BCUT2D eigenvalue weighted by Crippen LogP contribution is 2.33. The molecule has 0 amide bonds. The van der Waals surface area contributed by atoms with Crippen molar-refractivity contribution in [2.75, 3.05) is 14.2 Å². The van der Waals surface area contributed by atoms with E-state index in [0.717, 1.165) is 16.7 Å². The predicted molar refractivity (Wildman–Crippen MR) is 105 cm³/mol. The van der Waals surface area contributed by atoms with E-state index in [-0.39, 0.29) is 11.6 Å². The summed E-state index contributed by atoms with van der Waals surface area (Å²) in [5.74, 6) is 0.780. The fourth-order valence-electron chi connectivity index (χ4n) is 2.79. The molecule has 0 bridgehead atoms. The van der Waals surface area contributed by atoms with Crippen LogP contribution in [0.4, 0.5) is 4.39 Å². The van der Waals surface area contributed by atoms with Gasteiger partial charge in [0.15, 0.2) is 17.3 Å². The summed E-state index contributed by atoms with van der Waals surface area (Å²) in [7, 11) is 3.15. The molecule has 0 aliphatic heterocycles. The predicted octanol–water partition coefficient (Wildman–Crippen LogP) is 5.41. The van der Waals surface area contributed by atoms with E-state index in [2.05, 4.69) is 0 Å². The molecular weight excluding hydrogens is 343 g/mol. The van der Waals surface area contributed by atoms with E-state index in [1.54, 1.807) is 38.5 Å². The molecule has 0 saturated heterocycles. The number of hydrogen-bond acceptors (Lipinski definition) is 3. The van der Waals surface area contributed by atoms with E-state index in [1.807, 2.05) is 36.4 Å². The smallest absolute Gasteiger partial charge is 0.186 e. The van der Waals surface area contributed by atoms with Gasteiger partial charge in [0.25, 0.3) is 0 Å². The number of carbonyl (C=O) groups is 1. The van der Waals surface area contributed by atoms with Crippen molar-refractivity contribution in [2.45, 2.75) is 0 Å². The van der Waals surface area contributed by atoms with Crippen molar-refractivity contribution in [1.29, 1.82) is 0 Å². The quantitative estimate of drug-likeness (QED) is 0.435. The molecule has 0 saturated carbocycles. The number of ketones is 1. The van der Waals surface area contributed by atoms with E-state index in [1.165, 1.54) is 18.2 Å². The van der Waals surface area contributed by atoms with E-state index >= 15 is 0 Å². The fourth-order valence-corrected chi connectivity index (χ4v) is 2.79. The van der Waals surface area contributed by atoms with Gasteiger partial charge in [0.2, 0.25) is 0 Å². The largest absolute Gasteiger partial charge is 0.493 e. The van der Waals surface area contributed by atoms with Crippen molar-refractivity contribution in [3.63, 3.8) is 0 Å². The van der Waals surface area contributed by atoms with Gasteiger partial charge >= 0.3 is 0 Å². The van der Waals surface area contributed by atoms with Crippen LogP contribution in [0.15, 0.2) is 72.8 Å². The monoisotopic (exact) mass is 362 g/mol. The van der Waals surface area contributed by atoms with Crippen LogP contribution in [0.2, 0.25) is 0 Å². The number of benzene rings is 3. The first kappa shape index (κ1) is 18.4. The minimum atomic E-state index is -0.308. The van der Waals surface area contributed by atoms with Gasteiger partial charge in [0.1, 0.15) is 5.82 Å². The Bertz CT molecular complexity index is 975. The Kier molecular flexibility index (Phi) is 5.67. The van der Waals surface area contributed by atoms with E-state index in [9.17, 15) is 9.18 Å². The van der Waals surface area contributed by atoms with Crippen molar-refractivity contribution in [2.24, 2.45) is 0 Å². The molecule has 3 nitrogen and oxygen atoms in total. The number of hydrogen-bond donors (Lipinski definition) is 0. The molecule has 0 spiro atoms. The minimum absolute atomic E-state index is 0.135. The first-order valence-electron chi connectivity index (χ1n) is 8.42. The van der Waals surface area contributed by atoms with Crippen molar-refractivity contribution < 1.29 is 18.7 Å². The number of methoxy groups -OCH3 is 2. The third-order valence-electron chi connectivity index (χ3n) is 4.18. The van der Waals surface area contributed by atoms with Crippen molar-refractivity contribution in [3.05, 3.63) is 89.8 Å². The molecule has 4 heteroatoms. The maximum absolute atomic E-state index is 13.0. The number of rotatable bonds is 6. The van der Waals surface area contributed by atoms with Crippen LogP contribution in [0.3, 0.4) is 0 Å². The summed E-state index contributed by atoms with van der Waals surface area (Å²) >= 11 is 0. The lowest BCUT2D eigenvalue weighted by Crippen LogP contribution is -1.98. The molecule has 3 rings (SSSR count). The zero-order valence-corrected chi connectivity index (χ0v) is 15.1. The second-order valence-electron chi connectivity index (χ2n) is 5.86. The van der Waals surface area contributed by atoms with E-state index in [0.29, 0.717) is 17.1 Å². The molecule has 0 unspecified atom stereocenters. The first-order valence-corrected chi connectivity index (χ1v) is 8.42. The number of allylic oxidation sites excluding steroid dienone is 1. The molecular formula is C23H19FO3. The SMILES string of the molecule is COc1ccc(-c2ccccc2C(=O)/C=C/c2ccc(F)cc2)cc1OC. The molecule has 0 heterocycles. The Morgan fingerprint density at radius 3 is 2.30 bits per heavy atom. The van der Waals surface area contributed by atoms with Gasteiger partial charge in [0.05, 0.1) is 14.2 Å². The van der Waals surface area contributed by atoms with Crippen LogP contribution in [0.25, 0.3) is 17.2 Å². The molecule has 0 radical (unpaired) electrons. The van der Waals surface area contributed by atoms with Crippen LogP contribution in [-0.2, 0) is 0 Å². The van der Waals surface area contributed by atoms with Crippen molar-refractivity contribution in [1.82, 2.24) is 0 Å². The summed E-state index contributed by atoms with van der Waals surface area (Å²) in [6.07, 6.45) is 3.17. The van der Waals surface area contributed by atoms with Gasteiger partial charge in [-0.2, -0.15) is 0 Å². The highest BCUT2D eigenvalue weighted by molar-refractivity contribution is 6.11. The Balaban J connectivity index is 1.94. The third kappa shape index (κ3) is 4.23. The van der Waals surface area contributed by atoms with E-state index < -0.39 is 0 Å². The molecule has 0 aliphatic rings. The molecule has 0 atom stereocenters. The molecule has 27 heavy (non-hydrogen) atoms. The Morgan fingerprint density at radius 2 is 1.59 bits per heavy atom. The highest BCUT2D eigenvalue weighted by atomic mass is 19.1. The zero-order valence-electron chi connectivity index (χ0n) is 15.1. The fraction of sp³-hybridized carbons (Fsp3) is 0.0870. The second-order valence-corrected chi connectivity index (χ2v) is 5.86. The average Bonchev–Trinajstić information content (AvgIpc) is 2.72. The van der Waals surface area contributed by atoms with Gasteiger partial charge in [0, 0.05) is 5.56 Å². The highest BCUT2D eigenvalue weighted by Gasteiger charge is 2.12. The number of carbonyl (C=O) groups excluding carboxylic acids is 1. The molecule has 0 N–H and O–H groups in total. The van der Waals surface area contributed by atoms with Crippen LogP contribution in [0.1, 0.15) is 15.9 Å². The van der Waals surface area contributed by atoms with Gasteiger partial charge in [-0.15, -0.1) is 0 Å². The lowest BCUT2D eigenvalue weighted by molar-refractivity contribution is 0.104. The third-order valence-corrected chi connectivity index (χ3v) is 4.18. The van der Waals surface area contributed by atoms with Crippen molar-refractivity contribution >= 4 is 11.9 Å². The first-order chi connectivity index (χ1) is 13.1. The summed E-state index contributed by atoms with van der Waals surface area (Å²) in [5.41, 5.74) is 2.98. The standard InChI is InChI=1S/C23H19FO3/c1-26-22-14-10-17(15-23(22)27-2)19-5-3-4-6-20(19)21(25)13-9-16-7-11-18(24)12-8-16/h3-15H,1-2H3/b13-9+. The topological polar surface area (TPSA) is 35.5 Å². The lowest BCUT2D eigenvalue weighted by atomic mass is 9.96. The summed E-state index contributed by atoms with van der Waals surface area (Å²) in [4.78, 5) is 12.7. The molecule has 3 aromatic rings. The Morgan fingerprint density at radius 1 is 0.889 bits per heavy atom. The minimum Gasteiger partial charge on any atom is -0.493 e.